The molecule has 0 radical (unpaired) electrons. The number of rotatable bonds is 12. The van der Waals surface area contributed by atoms with Gasteiger partial charge in [0.15, 0.2) is 6.23 Å². The highest BCUT2D eigenvalue weighted by molar-refractivity contribution is 9.10. The number of nitriles is 1. The predicted octanol–water partition coefficient (Wildman–Crippen LogP) is 9.85. The molecule has 7 rings (SSSR count). The van der Waals surface area contributed by atoms with Crippen molar-refractivity contribution in [2.75, 3.05) is 13.1 Å². The Morgan fingerprint density at radius 3 is 1.98 bits per heavy atom. The van der Waals surface area contributed by atoms with Crippen LogP contribution in [0.5, 0.6) is 0 Å². The average molecular weight is 721 g/mol. The third-order valence-electron chi connectivity index (χ3n) is 11.2. The summed E-state index contributed by atoms with van der Waals surface area (Å²) in [5.74, 6) is -0.384. The van der Waals surface area contributed by atoms with Crippen LogP contribution in [-0.2, 0) is 0 Å². The van der Waals surface area contributed by atoms with Crippen molar-refractivity contribution in [2.24, 2.45) is 11.8 Å². The van der Waals surface area contributed by atoms with Gasteiger partial charge in [-0.3, -0.25) is 19.3 Å². The number of aliphatic hydroxyl groups is 1. The molecule has 0 aromatic heterocycles. The number of hydrogen-bond donors (Lipinski definition) is 1. The van der Waals surface area contributed by atoms with E-state index in [1.165, 1.54) is 4.90 Å². The third kappa shape index (κ3) is 5.03. The number of imide groups is 1. The van der Waals surface area contributed by atoms with E-state index in [0.29, 0.717) is 66.9 Å². The maximum absolute atomic E-state index is 14.2. The molecule has 252 valence electrons. The molecular formula is C41H42BrN3O4. The highest BCUT2D eigenvalue weighted by Crippen LogP contribution is 2.50. The first kappa shape index (κ1) is 33.4. The van der Waals surface area contributed by atoms with Gasteiger partial charge in [0, 0.05) is 61.2 Å². The summed E-state index contributed by atoms with van der Waals surface area (Å²) < 4.78 is 0.706. The second kappa shape index (κ2) is 13.0. The van der Waals surface area contributed by atoms with Crippen LogP contribution in [-0.4, -0.2) is 45.7 Å². The largest absolute Gasteiger partial charge is 0.369 e. The number of carbonyl (C=O) groups is 3. The summed E-state index contributed by atoms with van der Waals surface area (Å²) in [5.41, 5.74) is 2.35. The molecule has 0 saturated carbocycles. The number of aliphatic hydroxyl groups excluding tert-OH is 1. The fraction of sp³-hybridized carbons (Fsp3) is 0.415. The molecule has 2 heterocycles. The second-order valence-electron chi connectivity index (χ2n) is 14.0. The maximum atomic E-state index is 14.2. The molecule has 0 saturated heterocycles. The van der Waals surface area contributed by atoms with E-state index in [-0.39, 0.29) is 29.6 Å². The van der Waals surface area contributed by atoms with Gasteiger partial charge >= 0.3 is 0 Å². The lowest BCUT2D eigenvalue weighted by Crippen LogP contribution is -2.43. The second-order valence-corrected chi connectivity index (χ2v) is 14.8. The Labute approximate surface area is 295 Å². The first-order valence-electron chi connectivity index (χ1n) is 17.9. The van der Waals surface area contributed by atoms with Gasteiger partial charge in [-0.25, -0.2) is 0 Å². The predicted molar refractivity (Wildman–Crippen MR) is 198 cm³/mol. The van der Waals surface area contributed by atoms with Crippen LogP contribution in [0, 0.1) is 23.2 Å². The van der Waals surface area contributed by atoms with Crippen LogP contribution < -0.4 is 0 Å². The molecule has 0 fully saturated rings. The minimum Gasteiger partial charge on any atom is -0.369 e. The van der Waals surface area contributed by atoms with E-state index in [4.69, 9.17) is 0 Å². The summed E-state index contributed by atoms with van der Waals surface area (Å²) in [7, 11) is 0. The number of amides is 3. The highest BCUT2D eigenvalue weighted by atomic mass is 79.9. The molecule has 3 unspecified atom stereocenters. The average Bonchev–Trinajstić information content (AvgIpc) is 3.11. The summed E-state index contributed by atoms with van der Waals surface area (Å²) in [6.07, 6.45) is 6.86. The summed E-state index contributed by atoms with van der Waals surface area (Å²) >= 11 is 3.82. The topological polar surface area (TPSA) is 102 Å². The lowest BCUT2D eigenvalue weighted by Gasteiger charge is -2.37. The monoisotopic (exact) mass is 719 g/mol. The van der Waals surface area contributed by atoms with Gasteiger partial charge in [-0.05, 0) is 59.0 Å². The Hall–Kier alpha value is -4.06. The van der Waals surface area contributed by atoms with E-state index < -0.39 is 6.23 Å². The number of benzene rings is 5. The van der Waals surface area contributed by atoms with E-state index in [9.17, 15) is 24.8 Å². The zero-order chi connectivity index (χ0) is 34.7. The molecule has 0 aliphatic carbocycles. The summed E-state index contributed by atoms with van der Waals surface area (Å²) in [6.45, 7) is 9.35. The van der Waals surface area contributed by atoms with Gasteiger partial charge in [0.05, 0.1) is 17.2 Å². The molecule has 2 aliphatic rings. The molecule has 3 amide bonds. The number of nitrogens with zero attached hydrogens (tertiary/aromatic N) is 3. The van der Waals surface area contributed by atoms with Crippen LogP contribution in [0.4, 0.5) is 0 Å². The van der Waals surface area contributed by atoms with Crippen LogP contribution in [0.15, 0.2) is 40.9 Å². The van der Waals surface area contributed by atoms with Crippen LogP contribution in [0.2, 0.25) is 0 Å². The smallest absolute Gasteiger partial charge is 0.261 e. The normalized spacial score (nSPS) is 17.2. The van der Waals surface area contributed by atoms with Gasteiger partial charge in [0.1, 0.15) is 0 Å². The molecule has 0 spiro atoms. The molecule has 2 aliphatic heterocycles. The SMILES string of the molecule is CCCCC(CC)CN1C(=O)c2ccc3c4c(Br)cc5c6c(ccc(c7c(C#N)cc(c2c37)C1=O)c64)C(O)N(CC(CC)CCCC)C5=O. The molecule has 49 heavy (non-hydrogen) atoms. The lowest BCUT2D eigenvalue weighted by molar-refractivity contribution is -0.00283. The van der Waals surface area contributed by atoms with Gasteiger partial charge in [-0.1, -0.05) is 100 Å². The lowest BCUT2D eigenvalue weighted by atomic mass is 9.80. The Morgan fingerprint density at radius 1 is 0.735 bits per heavy atom. The van der Waals surface area contributed by atoms with Crippen molar-refractivity contribution in [3.8, 4) is 6.07 Å². The van der Waals surface area contributed by atoms with Gasteiger partial charge in [-0.15, -0.1) is 0 Å². The quantitative estimate of drug-likeness (QED) is 0.0786. The van der Waals surface area contributed by atoms with Crippen molar-refractivity contribution in [2.45, 2.75) is 85.3 Å². The third-order valence-corrected chi connectivity index (χ3v) is 11.8. The van der Waals surface area contributed by atoms with E-state index in [1.54, 1.807) is 11.0 Å². The number of fused-ring (bicyclic) bond motifs is 2. The minimum absolute atomic E-state index is 0.207. The van der Waals surface area contributed by atoms with Gasteiger partial charge in [0.25, 0.3) is 17.7 Å². The number of carbonyl (C=O) groups excluding carboxylic acids is 3. The molecule has 3 atom stereocenters. The Morgan fingerprint density at radius 2 is 1.33 bits per heavy atom. The number of hydrogen-bond acceptors (Lipinski definition) is 5. The summed E-state index contributed by atoms with van der Waals surface area (Å²) in [6, 6.07) is 13.4. The molecule has 8 heteroatoms. The fourth-order valence-corrected chi connectivity index (χ4v) is 9.08. The van der Waals surface area contributed by atoms with E-state index in [0.717, 1.165) is 72.9 Å². The van der Waals surface area contributed by atoms with E-state index in [2.05, 4.69) is 49.7 Å². The van der Waals surface area contributed by atoms with Crippen LogP contribution in [0.3, 0.4) is 0 Å². The van der Waals surface area contributed by atoms with Crippen molar-refractivity contribution < 1.29 is 19.5 Å². The van der Waals surface area contributed by atoms with Crippen molar-refractivity contribution >= 4 is 76.7 Å². The Balaban J connectivity index is 1.46. The van der Waals surface area contributed by atoms with Crippen molar-refractivity contribution in [3.05, 3.63) is 68.7 Å². The number of halogens is 1. The van der Waals surface area contributed by atoms with E-state index in [1.807, 2.05) is 30.3 Å². The van der Waals surface area contributed by atoms with Gasteiger partial charge in [-0.2, -0.15) is 5.26 Å². The first-order chi connectivity index (χ1) is 23.7. The molecule has 0 bridgehead atoms. The van der Waals surface area contributed by atoms with Gasteiger partial charge < -0.3 is 10.0 Å². The Bertz CT molecular complexity index is 2220. The van der Waals surface area contributed by atoms with E-state index >= 15 is 0 Å². The highest BCUT2D eigenvalue weighted by Gasteiger charge is 2.39. The zero-order valence-electron chi connectivity index (χ0n) is 28.7. The molecule has 5 aromatic carbocycles. The van der Waals surface area contributed by atoms with Gasteiger partial charge in [0.2, 0.25) is 0 Å². The fourth-order valence-electron chi connectivity index (χ4n) is 8.44. The summed E-state index contributed by atoms with van der Waals surface area (Å²) in [5, 5.41) is 28.1. The maximum Gasteiger partial charge on any atom is 0.261 e. The Kier molecular flexibility index (Phi) is 8.87. The summed E-state index contributed by atoms with van der Waals surface area (Å²) in [4.78, 5) is 45.4. The van der Waals surface area contributed by atoms with Crippen molar-refractivity contribution in [1.29, 1.82) is 5.26 Å². The van der Waals surface area contributed by atoms with Crippen molar-refractivity contribution in [1.82, 2.24) is 9.80 Å². The minimum atomic E-state index is -1.10. The molecule has 7 nitrogen and oxygen atoms in total. The zero-order valence-corrected chi connectivity index (χ0v) is 30.2. The van der Waals surface area contributed by atoms with Crippen LogP contribution in [0.1, 0.15) is 127 Å². The molecular weight excluding hydrogens is 678 g/mol. The number of unbranched alkanes of at least 4 members (excludes halogenated alkanes) is 2. The van der Waals surface area contributed by atoms with Crippen LogP contribution >= 0.6 is 15.9 Å². The molecule has 1 N–H and O–H groups in total. The molecule has 5 aromatic rings. The first-order valence-corrected chi connectivity index (χ1v) is 18.7. The standard InChI is InChI=1S/C41H42BrN3O4/c1-5-9-11-22(7-3)20-44-38(46)27-16-14-26-35-31(42)18-30-34-28(39(47)45(41(30)49)21-23(8-4)12-10-6-2)15-13-25(37(34)35)32-24(19-43)17-29(40(44)48)33(27)36(26)32/h13-18,22-23,39,47H,5-12,20-21H2,1-4H3. The van der Waals surface area contributed by atoms with Crippen LogP contribution in [0.25, 0.3) is 43.1 Å². The van der Waals surface area contributed by atoms with Crippen molar-refractivity contribution in [3.63, 3.8) is 0 Å².